The lowest BCUT2D eigenvalue weighted by atomic mass is 9.90. The van der Waals surface area contributed by atoms with Gasteiger partial charge in [-0.1, -0.05) is 0 Å². The highest BCUT2D eigenvalue weighted by molar-refractivity contribution is 5.85. The van der Waals surface area contributed by atoms with Crippen molar-refractivity contribution in [3.05, 3.63) is 6.20 Å². The number of ether oxygens (including phenoxy) is 3. The number of aromatic nitrogens is 2. The Hall–Kier alpha value is -0.730. The van der Waals surface area contributed by atoms with E-state index in [1.807, 2.05) is 24.7 Å². The number of anilines is 1. The predicted molar refractivity (Wildman–Crippen MR) is 111 cm³/mol. The first-order chi connectivity index (χ1) is 12.1. The average molecular weight is 425 g/mol. The Bertz CT molecular complexity index is 531. The zero-order chi connectivity index (χ0) is 17.6. The molecule has 7 nitrogen and oxygen atoms in total. The van der Waals surface area contributed by atoms with Crippen LogP contribution in [-0.2, 0) is 9.47 Å². The normalized spacial score (nSPS) is 23.5. The Labute approximate surface area is 174 Å². The molecule has 2 fully saturated rings. The molecule has 0 amide bonds. The summed E-state index contributed by atoms with van der Waals surface area (Å²) in [5.41, 5.74) is 6.67. The molecule has 0 unspecified atom stereocenters. The molecule has 1 aromatic heterocycles. The van der Waals surface area contributed by atoms with Gasteiger partial charge in [0.2, 0.25) is 0 Å². The molecule has 1 aliphatic heterocycles. The van der Waals surface area contributed by atoms with Crippen LogP contribution in [0.3, 0.4) is 0 Å². The van der Waals surface area contributed by atoms with Crippen LogP contribution in [0, 0.1) is 0 Å². The first-order valence-electron chi connectivity index (χ1n) is 9.54. The second-order valence-corrected chi connectivity index (χ2v) is 7.25. The van der Waals surface area contributed by atoms with Gasteiger partial charge in [-0.05, 0) is 39.5 Å². The van der Waals surface area contributed by atoms with E-state index in [1.54, 1.807) is 0 Å². The molecule has 27 heavy (non-hydrogen) atoms. The first-order valence-corrected chi connectivity index (χ1v) is 9.54. The zero-order valence-corrected chi connectivity index (χ0v) is 18.0. The van der Waals surface area contributed by atoms with E-state index in [0.29, 0.717) is 36.9 Å². The SMILES string of the molecule is CC(C)OCCOc1nn(C2CCC(N3CCOCC3)CC2)cc1N.Cl.Cl. The van der Waals surface area contributed by atoms with Gasteiger partial charge in [-0.2, -0.15) is 0 Å². The summed E-state index contributed by atoms with van der Waals surface area (Å²) in [7, 11) is 0. The summed E-state index contributed by atoms with van der Waals surface area (Å²) in [5.74, 6) is 0.530. The standard InChI is InChI=1S/C18H32N4O3.2ClH/c1-14(2)24-11-12-25-18-17(19)13-22(20-18)16-5-3-15(4-6-16)21-7-9-23-10-8-21;;/h13-16H,3-12,19H2,1-2H3;2*1H. The summed E-state index contributed by atoms with van der Waals surface area (Å²) in [6.45, 7) is 8.93. The van der Waals surface area contributed by atoms with E-state index in [4.69, 9.17) is 19.9 Å². The molecular weight excluding hydrogens is 391 g/mol. The summed E-state index contributed by atoms with van der Waals surface area (Å²) >= 11 is 0. The van der Waals surface area contributed by atoms with E-state index in [0.717, 1.165) is 39.1 Å². The van der Waals surface area contributed by atoms with Gasteiger partial charge >= 0.3 is 0 Å². The third-order valence-electron chi connectivity index (χ3n) is 5.10. The Balaban J connectivity index is 0.00000182. The van der Waals surface area contributed by atoms with Gasteiger partial charge in [0, 0.05) is 19.1 Å². The Morgan fingerprint density at radius 3 is 2.37 bits per heavy atom. The number of rotatable bonds is 7. The van der Waals surface area contributed by atoms with Crippen LogP contribution in [0.25, 0.3) is 0 Å². The molecule has 2 aliphatic rings. The number of morpholine rings is 1. The topological polar surface area (TPSA) is 74.8 Å². The Kier molecular flexibility index (Phi) is 10.8. The van der Waals surface area contributed by atoms with Crippen LogP contribution in [0.5, 0.6) is 5.88 Å². The van der Waals surface area contributed by atoms with Crippen molar-refractivity contribution in [1.29, 1.82) is 0 Å². The van der Waals surface area contributed by atoms with E-state index in [-0.39, 0.29) is 30.9 Å². The largest absolute Gasteiger partial charge is 0.473 e. The van der Waals surface area contributed by atoms with Crippen molar-refractivity contribution < 1.29 is 14.2 Å². The van der Waals surface area contributed by atoms with Crippen LogP contribution in [0.15, 0.2) is 6.20 Å². The van der Waals surface area contributed by atoms with Gasteiger partial charge in [-0.3, -0.25) is 9.58 Å². The van der Waals surface area contributed by atoms with Crippen molar-refractivity contribution in [2.75, 3.05) is 45.3 Å². The molecule has 0 aromatic carbocycles. The molecule has 1 saturated heterocycles. The average Bonchev–Trinajstić information content (AvgIpc) is 3.00. The van der Waals surface area contributed by atoms with Crippen molar-refractivity contribution in [1.82, 2.24) is 14.7 Å². The number of nitrogens with two attached hydrogens (primary N) is 1. The van der Waals surface area contributed by atoms with E-state index in [2.05, 4.69) is 10.00 Å². The molecule has 1 aliphatic carbocycles. The lowest BCUT2D eigenvalue weighted by molar-refractivity contribution is 0.00501. The van der Waals surface area contributed by atoms with Crippen LogP contribution in [0.2, 0.25) is 0 Å². The molecular formula is C18H34Cl2N4O3. The maximum absolute atomic E-state index is 6.06. The molecule has 0 spiro atoms. The Morgan fingerprint density at radius 2 is 1.74 bits per heavy atom. The molecule has 1 saturated carbocycles. The van der Waals surface area contributed by atoms with Crippen LogP contribution < -0.4 is 10.5 Å². The first kappa shape index (κ1) is 24.3. The van der Waals surface area contributed by atoms with Crippen molar-refractivity contribution in [3.63, 3.8) is 0 Å². The highest BCUT2D eigenvalue weighted by atomic mass is 35.5. The van der Waals surface area contributed by atoms with Crippen LogP contribution in [0.1, 0.15) is 45.6 Å². The summed E-state index contributed by atoms with van der Waals surface area (Å²) in [4.78, 5) is 2.58. The number of nitrogens with zero attached hydrogens (tertiary/aromatic N) is 3. The van der Waals surface area contributed by atoms with Gasteiger partial charge in [0.25, 0.3) is 5.88 Å². The molecule has 158 valence electrons. The minimum absolute atomic E-state index is 0. The summed E-state index contributed by atoms with van der Waals surface area (Å²) < 4.78 is 18.6. The van der Waals surface area contributed by atoms with Crippen molar-refractivity contribution >= 4 is 30.5 Å². The lowest BCUT2D eigenvalue weighted by Crippen LogP contribution is -2.45. The lowest BCUT2D eigenvalue weighted by Gasteiger charge is -2.38. The van der Waals surface area contributed by atoms with Crippen molar-refractivity contribution in [3.8, 4) is 5.88 Å². The smallest absolute Gasteiger partial charge is 0.256 e. The fourth-order valence-electron chi connectivity index (χ4n) is 3.74. The minimum atomic E-state index is 0. The second kappa shape index (κ2) is 12.0. The van der Waals surface area contributed by atoms with Gasteiger partial charge in [0.15, 0.2) is 0 Å². The zero-order valence-electron chi connectivity index (χ0n) is 16.3. The summed E-state index contributed by atoms with van der Waals surface area (Å²) in [6.07, 6.45) is 6.82. The third kappa shape index (κ3) is 6.98. The fraction of sp³-hybridized carbons (Fsp3) is 0.833. The van der Waals surface area contributed by atoms with E-state index >= 15 is 0 Å². The van der Waals surface area contributed by atoms with Gasteiger partial charge < -0.3 is 19.9 Å². The van der Waals surface area contributed by atoms with Crippen molar-refractivity contribution in [2.45, 2.75) is 57.7 Å². The van der Waals surface area contributed by atoms with Gasteiger partial charge in [0.05, 0.1) is 38.2 Å². The molecule has 9 heteroatoms. The quantitative estimate of drug-likeness (QED) is 0.678. The van der Waals surface area contributed by atoms with Gasteiger partial charge in [0.1, 0.15) is 12.3 Å². The third-order valence-corrected chi connectivity index (χ3v) is 5.10. The minimum Gasteiger partial charge on any atom is -0.473 e. The molecule has 0 radical (unpaired) electrons. The van der Waals surface area contributed by atoms with Gasteiger partial charge in [-0.15, -0.1) is 29.9 Å². The van der Waals surface area contributed by atoms with E-state index < -0.39 is 0 Å². The van der Waals surface area contributed by atoms with E-state index in [1.165, 1.54) is 12.8 Å². The maximum atomic E-state index is 6.06. The van der Waals surface area contributed by atoms with E-state index in [9.17, 15) is 0 Å². The molecule has 0 bridgehead atoms. The highest BCUT2D eigenvalue weighted by Crippen LogP contribution is 2.33. The van der Waals surface area contributed by atoms with Crippen molar-refractivity contribution in [2.24, 2.45) is 0 Å². The van der Waals surface area contributed by atoms with Crippen LogP contribution in [0.4, 0.5) is 5.69 Å². The molecule has 2 N–H and O–H groups in total. The number of halogens is 2. The Morgan fingerprint density at radius 1 is 1.11 bits per heavy atom. The second-order valence-electron chi connectivity index (χ2n) is 7.25. The number of hydrogen-bond acceptors (Lipinski definition) is 6. The fourth-order valence-corrected chi connectivity index (χ4v) is 3.74. The summed E-state index contributed by atoms with van der Waals surface area (Å²) in [6, 6.07) is 1.11. The van der Waals surface area contributed by atoms with Crippen LogP contribution in [-0.4, -0.2) is 66.3 Å². The molecule has 3 rings (SSSR count). The number of nitrogen functional groups attached to an aromatic ring is 1. The molecule has 2 heterocycles. The van der Waals surface area contributed by atoms with Crippen LogP contribution >= 0.6 is 24.8 Å². The molecule has 0 atom stereocenters. The highest BCUT2D eigenvalue weighted by Gasteiger charge is 2.28. The maximum Gasteiger partial charge on any atom is 0.256 e. The molecule has 1 aromatic rings. The predicted octanol–water partition coefficient (Wildman–Crippen LogP) is 2.93. The monoisotopic (exact) mass is 424 g/mol. The van der Waals surface area contributed by atoms with Gasteiger partial charge in [-0.25, -0.2) is 0 Å². The number of hydrogen-bond donors (Lipinski definition) is 1. The summed E-state index contributed by atoms with van der Waals surface area (Å²) in [5, 5.41) is 4.57.